The SMILES string of the molecule is O=C(c1ccc(N2CCOCC2)c([N+](=O)[O-])c1)N1CCCC1c1ccccc1. The number of morpholine rings is 1. The number of amides is 1. The normalized spacial score (nSPS) is 19.6. The van der Waals surface area contributed by atoms with Gasteiger partial charge in [0.05, 0.1) is 24.2 Å². The zero-order valence-corrected chi connectivity index (χ0v) is 15.6. The zero-order chi connectivity index (χ0) is 19.5. The Balaban J connectivity index is 1.62. The lowest BCUT2D eigenvalue weighted by atomic mass is 10.0. The zero-order valence-electron chi connectivity index (χ0n) is 15.6. The highest BCUT2D eigenvalue weighted by atomic mass is 16.6. The predicted molar refractivity (Wildman–Crippen MR) is 106 cm³/mol. The fraction of sp³-hybridized carbons (Fsp3) is 0.381. The Hall–Kier alpha value is -2.93. The van der Waals surface area contributed by atoms with Gasteiger partial charge in [-0.05, 0) is 30.5 Å². The van der Waals surface area contributed by atoms with Crippen LogP contribution in [0.5, 0.6) is 0 Å². The van der Waals surface area contributed by atoms with Crippen LogP contribution in [0.4, 0.5) is 11.4 Å². The Labute approximate surface area is 163 Å². The van der Waals surface area contributed by atoms with Gasteiger partial charge < -0.3 is 14.5 Å². The molecule has 0 N–H and O–H groups in total. The van der Waals surface area contributed by atoms with Crippen molar-refractivity contribution in [3.63, 3.8) is 0 Å². The summed E-state index contributed by atoms with van der Waals surface area (Å²) in [5.74, 6) is -0.150. The van der Waals surface area contributed by atoms with Gasteiger partial charge in [-0.15, -0.1) is 0 Å². The number of likely N-dealkylation sites (tertiary alicyclic amines) is 1. The molecule has 0 aromatic heterocycles. The molecule has 28 heavy (non-hydrogen) atoms. The molecule has 7 heteroatoms. The van der Waals surface area contributed by atoms with Crippen molar-refractivity contribution in [1.82, 2.24) is 4.90 Å². The number of benzene rings is 2. The summed E-state index contributed by atoms with van der Waals surface area (Å²) >= 11 is 0. The third-order valence-electron chi connectivity index (χ3n) is 5.47. The number of nitrogens with zero attached hydrogens (tertiary/aromatic N) is 3. The van der Waals surface area contributed by atoms with Crippen molar-refractivity contribution in [2.45, 2.75) is 18.9 Å². The molecule has 7 nitrogen and oxygen atoms in total. The van der Waals surface area contributed by atoms with Crippen molar-refractivity contribution in [3.05, 3.63) is 69.8 Å². The summed E-state index contributed by atoms with van der Waals surface area (Å²) in [5, 5.41) is 11.7. The van der Waals surface area contributed by atoms with Gasteiger partial charge in [0.15, 0.2) is 0 Å². The van der Waals surface area contributed by atoms with Crippen molar-refractivity contribution in [2.24, 2.45) is 0 Å². The molecule has 2 fully saturated rings. The number of hydrogen-bond donors (Lipinski definition) is 0. The van der Waals surface area contributed by atoms with E-state index in [0.29, 0.717) is 44.1 Å². The van der Waals surface area contributed by atoms with Crippen LogP contribution in [0, 0.1) is 10.1 Å². The van der Waals surface area contributed by atoms with Gasteiger partial charge in [0.2, 0.25) is 0 Å². The third kappa shape index (κ3) is 3.57. The first-order valence-corrected chi connectivity index (χ1v) is 9.62. The van der Waals surface area contributed by atoms with Gasteiger partial charge >= 0.3 is 0 Å². The molecule has 0 radical (unpaired) electrons. The van der Waals surface area contributed by atoms with E-state index in [9.17, 15) is 14.9 Å². The summed E-state index contributed by atoms with van der Waals surface area (Å²) in [6.45, 7) is 2.97. The van der Waals surface area contributed by atoms with Gasteiger partial charge in [0, 0.05) is 31.3 Å². The minimum Gasteiger partial charge on any atom is -0.378 e. The molecule has 2 aromatic carbocycles. The lowest BCUT2D eigenvalue weighted by molar-refractivity contribution is -0.384. The summed E-state index contributed by atoms with van der Waals surface area (Å²) in [6.07, 6.45) is 1.84. The van der Waals surface area contributed by atoms with Gasteiger partial charge in [-0.3, -0.25) is 14.9 Å². The first-order valence-electron chi connectivity index (χ1n) is 9.62. The number of rotatable bonds is 4. The van der Waals surface area contributed by atoms with Crippen LogP contribution in [0.1, 0.15) is 34.8 Å². The second kappa shape index (κ2) is 7.98. The van der Waals surface area contributed by atoms with Crippen molar-refractivity contribution < 1.29 is 14.5 Å². The molecule has 0 aliphatic carbocycles. The molecule has 1 unspecified atom stereocenters. The Morgan fingerprint density at radius 2 is 1.82 bits per heavy atom. The molecule has 0 saturated carbocycles. The number of ether oxygens (including phenoxy) is 1. The molecule has 1 amide bonds. The van der Waals surface area contributed by atoms with Crippen LogP contribution in [0.2, 0.25) is 0 Å². The minimum absolute atomic E-state index is 0.0201. The maximum absolute atomic E-state index is 13.2. The van der Waals surface area contributed by atoms with E-state index in [4.69, 9.17) is 4.74 Å². The second-order valence-electron chi connectivity index (χ2n) is 7.13. The van der Waals surface area contributed by atoms with E-state index in [-0.39, 0.29) is 17.6 Å². The van der Waals surface area contributed by atoms with Gasteiger partial charge in [-0.2, -0.15) is 0 Å². The molecule has 1 atom stereocenters. The number of nitro groups is 1. The summed E-state index contributed by atoms with van der Waals surface area (Å²) in [5.41, 5.74) is 1.99. The van der Waals surface area contributed by atoms with E-state index in [0.717, 1.165) is 18.4 Å². The number of carbonyl (C=O) groups is 1. The van der Waals surface area contributed by atoms with Crippen LogP contribution in [0.15, 0.2) is 48.5 Å². The third-order valence-corrected chi connectivity index (χ3v) is 5.47. The largest absolute Gasteiger partial charge is 0.378 e. The molecule has 0 spiro atoms. The molecule has 0 bridgehead atoms. The Kier molecular flexibility index (Phi) is 5.25. The molecule has 2 aromatic rings. The van der Waals surface area contributed by atoms with Crippen molar-refractivity contribution in [3.8, 4) is 0 Å². The number of carbonyl (C=O) groups excluding carboxylic acids is 1. The van der Waals surface area contributed by atoms with E-state index in [1.54, 1.807) is 12.1 Å². The minimum atomic E-state index is -0.403. The molecule has 2 heterocycles. The van der Waals surface area contributed by atoms with Crippen molar-refractivity contribution >= 4 is 17.3 Å². The second-order valence-corrected chi connectivity index (χ2v) is 7.13. The topological polar surface area (TPSA) is 75.9 Å². The Morgan fingerprint density at radius 1 is 1.07 bits per heavy atom. The summed E-state index contributed by atoms with van der Waals surface area (Å²) in [7, 11) is 0. The fourth-order valence-corrected chi connectivity index (χ4v) is 4.07. The van der Waals surface area contributed by atoms with Gasteiger partial charge in [-0.25, -0.2) is 0 Å². The van der Waals surface area contributed by atoms with E-state index < -0.39 is 4.92 Å². The summed E-state index contributed by atoms with van der Waals surface area (Å²) in [4.78, 5) is 28.2. The average Bonchev–Trinajstić information content (AvgIpc) is 3.24. The molecular formula is C21H23N3O4. The highest BCUT2D eigenvalue weighted by Crippen LogP contribution is 2.35. The quantitative estimate of drug-likeness (QED) is 0.599. The Bertz CT molecular complexity index is 865. The van der Waals surface area contributed by atoms with Crippen LogP contribution in [0.3, 0.4) is 0 Å². The van der Waals surface area contributed by atoms with Crippen molar-refractivity contribution in [2.75, 3.05) is 37.7 Å². The van der Waals surface area contributed by atoms with Gasteiger partial charge in [-0.1, -0.05) is 30.3 Å². The van der Waals surface area contributed by atoms with Crippen LogP contribution in [-0.4, -0.2) is 48.6 Å². The number of nitro benzene ring substituents is 1. The monoisotopic (exact) mass is 381 g/mol. The predicted octanol–water partition coefficient (Wildman–Crippen LogP) is 3.41. The molecule has 2 aliphatic heterocycles. The van der Waals surface area contributed by atoms with E-state index in [1.165, 1.54) is 6.07 Å². The molecule has 4 rings (SSSR count). The van der Waals surface area contributed by atoms with E-state index in [1.807, 2.05) is 40.1 Å². The van der Waals surface area contributed by atoms with Crippen LogP contribution >= 0.6 is 0 Å². The number of hydrogen-bond acceptors (Lipinski definition) is 5. The summed E-state index contributed by atoms with van der Waals surface area (Å²) < 4.78 is 5.33. The molecule has 146 valence electrons. The molecule has 2 saturated heterocycles. The standard InChI is InChI=1S/C21H23N3O4/c25-21(23-10-4-7-18(23)16-5-2-1-3-6-16)17-8-9-19(20(15-17)24(26)27)22-11-13-28-14-12-22/h1-3,5-6,8-9,15,18H,4,7,10-14H2. The van der Waals surface area contributed by atoms with Gasteiger partial charge in [0.1, 0.15) is 5.69 Å². The average molecular weight is 381 g/mol. The lowest BCUT2D eigenvalue weighted by Gasteiger charge is -2.29. The molecular weight excluding hydrogens is 358 g/mol. The van der Waals surface area contributed by atoms with Gasteiger partial charge in [0.25, 0.3) is 11.6 Å². The Morgan fingerprint density at radius 3 is 2.54 bits per heavy atom. The smallest absolute Gasteiger partial charge is 0.293 e. The maximum Gasteiger partial charge on any atom is 0.293 e. The highest BCUT2D eigenvalue weighted by Gasteiger charge is 2.32. The fourth-order valence-electron chi connectivity index (χ4n) is 4.07. The first-order chi connectivity index (χ1) is 13.6. The number of anilines is 1. The van der Waals surface area contributed by atoms with E-state index >= 15 is 0 Å². The van der Waals surface area contributed by atoms with Crippen LogP contribution < -0.4 is 4.90 Å². The summed E-state index contributed by atoms with van der Waals surface area (Å²) in [6, 6.07) is 14.8. The highest BCUT2D eigenvalue weighted by molar-refractivity contribution is 5.96. The first kappa shape index (κ1) is 18.4. The molecule has 2 aliphatic rings. The van der Waals surface area contributed by atoms with E-state index in [2.05, 4.69) is 0 Å². The lowest BCUT2D eigenvalue weighted by Crippen LogP contribution is -2.36. The van der Waals surface area contributed by atoms with Crippen LogP contribution in [0.25, 0.3) is 0 Å². The van der Waals surface area contributed by atoms with Crippen molar-refractivity contribution in [1.29, 1.82) is 0 Å². The van der Waals surface area contributed by atoms with Crippen LogP contribution in [-0.2, 0) is 4.74 Å². The maximum atomic E-state index is 13.2.